The van der Waals surface area contributed by atoms with E-state index >= 15 is 0 Å². The van der Waals surface area contributed by atoms with Crippen LogP contribution >= 0.6 is 11.8 Å². The highest BCUT2D eigenvalue weighted by Gasteiger charge is 2.21. The molecule has 2 aromatic rings. The Morgan fingerprint density at radius 1 is 1.50 bits per heavy atom. The van der Waals surface area contributed by atoms with Crippen LogP contribution in [0, 0.1) is 10.1 Å². The van der Waals surface area contributed by atoms with Gasteiger partial charge in [0.1, 0.15) is 5.69 Å². The lowest BCUT2D eigenvalue weighted by Gasteiger charge is -2.07. The number of benzene rings is 1. The van der Waals surface area contributed by atoms with Gasteiger partial charge in [0.15, 0.2) is 5.52 Å². The molecule has 0 bridgehead atoms. The van der Waals surface area contributed by atoms with Gasteiger partial charge in [-0.1, -0.05) is 18.2 Å². The summed E-state index contributed by atoms with van der Waals surface area (Å²) in [5.74, 6) is 0.343. The molecular formula is C12H11N3O2S. The number of hydrogen-bond donors (Lipinski definition) is 1. The summed E-state index contributed by atoms with van der Waals surface area (Å²) < 4.78 is 0. The molecule has 5 nitrogen and oxygen atoms in total. The molecule has 0 saturated carbocycles. The average molecular weight is 261 g/mol. The van der Waals surface area contributed by atoms with Crippen LogP contribution in [0.15, 0.2) is 41.8 Å². The molecule has 2 rings (SSSR count). The van der Waals surface area contributed by atoms with Gasteiger partial charge in [0, 0.05) is 11.1 Å². The van der Waals surface area contributed by atoms with Crippen molar-refractivity contribution < 1.29 is 4.92 Å². The first-order valence-corrected chi connectivity index (χ1v) is 6.20. The van der Waals surface area contributed by atoms with E-state index in [-0.39, 0.29) is 11.5 Å². The molecule has 1 aromatic carbocycles. The van der Waals surface area contributed by atoms with Crippen LogP contribution in [0.4, 0.5) is 11.5 Å². The van der Waals surface area contributed by atoms with E-state index in [1.54, 1.807) is 18.2 Å². The highest BCUT2D eigenvalue weighted by molar-refractivity contribution is 7.99. The second kappa shape index (κ2) is 5.05. The van der Waals surface area contributed by atoms with Gasteiger partial charge < -0.3 is 15.8 Å². The van der Waals surface area contributed by atoms with E-state index < -0.39 is 4.92 Å². The zero-order valence-corrected chi connectivity index (χ0v) is 10.3. The van der Waals surface area contributed by atoms with Gasteiger partial charge in [-0.25, -0.2) is 0 Å². The van der Waals surface area contributed by atoms with Crippen molar-refractivity contribution in [3.8, 4) is 0 Å². The number of anilines is 1. The molecule has 0 radical (unpaired) electrons. The molecule has 92 valence electrons. The van der Waals surface area contributed by atoms with E-state index in [1.807, 2.05) is 12.1 Å². The molecule has 0 fully saturated rings. The molecule has 1 aromatic heterocycles. The molecule has 18 heavy (non-hydrogen) atoms. The van der Waals surface area contributed by atoms with Gasteiger partial charge in [0.2, 0.25) is 0 Å². The zero-order chi connectivity index (χ0) is 13.1. The molecule has 0 amide bonds. The van der Waals surface area contributed by atoms with Crippen molar-refractivity contribution in [2.45, 2.75) is 4.90 Å². The fourth-order valence-electron chi connectivity index (χ4n) is 1.62. The largest absolute Gasteiger partial charge is 0.391 e. The second-order valence-electron chi connectivity index (χ2n) is 3.55. The number of nitrogen functional groups attached to an aromatic ring is 1. The van der Waals surface area contributed by atoms with Crippen LogP contribution < -0.4 is 5.73 Å². The Bertz CT molecular complexity index is 628. The summed E-state index contributed by atoms with van der Waals surface area (Å²) in [6.07, 6.45) is 1.73. The molecule has 0 atom stereocenters. The van der Waals surface area contributed by atoms with Crippen molar-refractivity contribution in [2.75, 3.05) is 11.5 Å². The summed E-state index contributed by atoms with van der Waals surface area (Å²) in [7, 11) is 0. The summed E-state index contributed by atoms with van der Waals surface area (Å²) in [6, 6.07) is 7.23. The number of fused-ring (bicyclic) bond motifs is 1. The molecular weight excluding hydrogens is 250 g/mol. The minimum Gasteiger partial charge on any atom is -0.391 e. The monoisotopic (exact) mass is 261 g/mol. The Morgan fingerprint density at radius 2 is 2.22 bits per heavy atom. The summed E-state index contributed by atoms with van der Waals surface area (Å²) >= 11 is 1.42. The number of pyridine rings is 1. The topological polar surface area (TPSA) is 82.0 Å². The molecule has 0 spiro atoms. The van der Waals surface area contributed by atoms with Gasteiger partial charge in [0.25, 0.3) is 0 Å². The lowest BCUT2D eigenvalue weighted by molar-refractivity contribution is -0.388. The van der Waals surface area contributed by atoms with Crippen LogP contribution in [-0.2, 0) is 0 Å². The number of nitrogens with two attached hydrogens (primary N) is 1. The average Bonchev–Trinajstić information content (AvgIpc) is 2.37. The Hall–Kier alpha value is -2.08. The van der Waals surface area contributed by atoms with E-state index in [9.17, 15) is 10.1 Å². The fourth-order valence-corrected chi connectivity index (χ4v) is 2.48. The standard InChI is InChI=1S/C12H11N3O2S/c1-2-7-18-11-8-5-3-4-6-9(8)14-12(10(11)13)15(16)17/h2-6H,1,7,13H2. The van der Waals surface area contributed by atoms with Crippen LogP contribution in [0.3, 0.4) is 0 Å². The van der Waals surface area contributed by atoms with Crippen molar-refractivity contribution in [2.24, 2.45) is 0 Å². The fraction of sp³-hybridized carbons (Fsp3) is 0.0833. The molecule has 6 heteroatoms. The van der Waals surface area contributed by atoms with Gasteiger partial charge in [-0.05, 0) is 22.0 Å². The van der Waals surface area contributed by atoms with Crippen molar-refractivity contribution in [3.63, 3.8) is 0 Å². The third kappa shape index (κ3) is 2.14. The molecule has 0 unspecified atom stereocenters. The highest BCUT2D eigenvalue weighted by atomic mass is 32.2. The molecule has 0 aliphatic carbocycles. The van der Waals surface area contributed by atoms with Gasteiger partial charge in [-0.3, -0.25) is 0 Å². The van der Waals surface area contributed by atoms with E-state index in [1.165, 1.54) is 11.8 Å². The summed E-state index contributed by atoms with van der Waals surface area (Å²) in [4.78, 5) is 15.0. The summed E-state index contributed by atoms with van der Waals surface area (Å²) in [5, 5.41) is 11.8. The first-order chi connectivity index (χ1) is 8.65. The lowest BCUT2D eigenvalue weighted by Crippen LogP contribution is -2.01. The van der Waals surface area contributed by atoms with E-state index in [0.717, 1.165) is 5.39 Å². The number of nitro groups is 1. The maximum Gasteiger partial charge on any atom is 0.388 e. The third-order valence-corrected chi connectivity index (χ3v) is 3.51. The highest BCUT2D eigenvalue weighted by Crippen LogP contribution is 2.37. The van der Waals surface area contributed by atoms with Gasteiger partial charge in [-0.15, -0.1) is 18.3 Å². The van der Waals surface area contributed by atoms with Crippen LogP contribution in [-0.4, -0.2) is 15.7 Å². The molecule has 2 N–H and O–H groups in total. The Labute approximate surface area is 108 Å². The quantitative estimate of drug-likeness (QED) is 0.396. The second-order valence-corrected chi connectivity index (χ2v) is 4.58. The van der Waals surface area contributed by atoms with Crippen LogP contribution in [0.5, 0.6) is 0 Å². The summed E-state index contributed by atoms with van der Waals surface area (Å²) in [6.45, 7) is 3.63. The van der Waals surface area contributed by atoms with Crippen molar-refractivity contribution in [1.29, 1.82) is 0 Å². The van der Waals surface area contributed by atoms with E-state index in [4.69, 9.17) is 5.73 Å². The van der Waals surface area contributed by atoms with Gasteiger partial charge in [-0.2, -0.15) is 0 Å². The zero-order valence-electron chi connectivity index (χ0n) is 9.50. The van der Waals surface area contributed by atoms with Gasteiger partial charge in [0.05, 0.1) is 4.90 Å². The van der Waals surface area contributed by atoms with Crippen molar-refractivity contribution >= 4 is 34.2 Å². The molecule has 0 aliphatic rings. The molecule has 0 saturated heterocycles. The Morgan fingerprint density at radius 3 is 2.89 bits per heavy atom. The van der Waals surface area contributed by atoms with E-state index in [2.05, 4.69) is 11.6 Å². The number of rotatable bonds is 4. The van der Waals surface area contributed by atoms with Crippen LogP contribution in [0.2, 0.25) is 0 Å². The molecule has 0 aliphatic heterocycles. The summed E-state index contributed by atoms with van der Waals surface area (Å²) in [5.41, 5.74) is 6.52. The van der Waals surface area contributed by atoms with E-state index in [0.29, 0.717) is 16.2 Å². The lowest BCUT2D eigenvalue weighted by atomic mass is 10.2. The van der Waals surface area contributed by atoms with Crippen LogP contribution in [0.25, 0.3) is 10.9 Å². The number of hydrogen-bond acceptors (Lipinski definition) is 5. The maximum absolute atomic E-state index is 10.9. The van der Waals surface area contributed by atoms with Gasteiger partial charge >= 0.3 is 5.82 Å². The SMILES string of the molecule is C=CCSc1c(N)c([N+](=O)[O-])nc2ccccc12. The van der Waals surface area contributed by atoms with Crippen LogP contribution in [0.1, 0.15) is 0 Å². The number of nitrogens with zero attached hydrogens (tertiary/aromatic N) is 2. The first kappa shape index (κ1) is 12.4. The number of para-hydroxylation sites is 1. The Kier molecular flexibility index (Phi) is 3.47. The number of thioether (sulfide) groups is 1. The van der Waals surface area contributed by atoms with Crippen molar-refractivity contribution in [1.82, 2.24) is 4.98 Å². The predicted molar refractivity (Wildman–Crippen MR) is 73.7 cm³/mol. The third-order valence-electron chi connectivity index (χ3n) is 2.38. The maximum atomic E-state index is 10.9. The number of aromatic nitrogens is 1. The molecule has 1 heterocycles. The predicted octanol–water partition coefficient (Wildman–Crippen LogP) is 3.00. The van der Waals surface area contributed by atoms with Crippen molar-refractivity contribution in [3.05, 3.63) is 47.0 Å². The normalized spacial score (nSPS) is 10.4. The smallest absolute Gasteiger partial charge is 0.388 e. The minimum atomic E-state index is -0.556. The first-order valence-electron chi connectivity index (χ1n) is 5.21. The Balaban J connectivity index is 2.72. The minimum absolute atomic E-state index is 0.116.